The number of hydrogen-bond acceptors (Lipinski definition) is 20. The number of halogens is 3. The van der Waals surface area contributed by atoms with E-state index in [0.29, 0.717) is 77.6 Å². The minimum absolute atomic E-state index is 0.124. The van der Waals surface area contributed by atoms with Crippen LogP contribution in [0.2, 0.25) is 10.0 Å². The molecule has 5 heterocycles. The zero-order valence-corrected chi connectivity index (χ0v) is 70.5. The largest absolute Gasteiger partial charge is 0.342 e. The van der Waals surface area contributed by atoms with Gasteiger partial charge < -0.3 is 51.1 Å². The highest BCUT2D eigenvalue weighted by Crippen LogP contribution is 2.35. The van der Waals surface area contributed by atoms with E-state index in [1.165, 1.54) is 43.8 Å². The highest BCUT2D eigenvalue weighted by molar-refractivity contribution is 6.34. The monoisotopic (exact) mass is 1690 g/mol. The van der Waals surface area contributed by atoms with Crippen LogP contribution in [0.5, 0.6) is 0 Å². The van der Waals surface area contributed by atoms with Gasteiger partial charge in [-0.2, -0.15) is 0 Å². The molecule has 0 aliphatic rings. The number of aromatic nitrogens is 10. The molecular weight excluding hydrogens is 1600 g/mol. The number of aryl methyl sites for hydroxylation is 4. The zero-order valence-electron chi connectivity index (χ0n) is 69.0. The summed E-state index contributed by atoms with van der Waals surface area (Å²) in [6, 6.07) is 67.1. The van der Waals surface area contributed by atoms with Gasteiger partial charge in [-0.05, 0) is 185 Å². The zero-order chi connectivity index (χ0) is 88.0. The van der Waals surface area contributed by atoms with E-state index >= 15 is 0 Å². The van der Waals surface area contributed by atoms with Crippen LogP contribution in [0.3, 0.4) is 0 Å². The maximum Gasteiger partial charge on any atom is 0.255 e. The van der Waals surface area contributed by atoms with Crippen LogP contribution in [0, 0.1) is 45.9 Å². The van der Waals surface area contributed by atoms with Crippen molar-refractivity contribution in [1.82, 2.24) is 49.8 Å². The van der Waals surface area contributed by atoms with Gasteiger partial charge in [0.05, 0.1) is 118 Å². The van der Waals surface area contributed by atoms with Crippen LogP contribution in [-0.4, -0.2) is 115 Å². The summed E-state index contributed by atoms with van der Waals surface area (Å²) in [4.78, 5) is 111. The molecule has 15 aromatic rings. The smallest absolute Gasteiger partial charge is 0.255 e. The number of carbonyl (C=O) groups is 5. The molecule has 25 nitrogen and oxygen atoms in total. The fourth-order valence-corrected chi connectivity index (χ4v) is 12.3. The molecule has 0 aliphatic carbocycles. The van der Waals surface area contributed by atoms with Gasteiger partial charge in [-0.1, -0.05) is 118 Å². The number of nitrogens with zero attached hydrogens (tertiary/aromatic N) is 15. The molecule has 0 atom stereocenters. The fraction of sp³-hybridized carbons (Fsp3) is 0.0938. The van der Waals surface area contributed by atoms with Crippen molar-refractivity contribution >= 4 is 138 Å². The lowest BCUT2D eigenvalue weighted by Crippen LogP contribution is -2.15. The van der Waals surface area contributed by atoms with Crippen LogP contribution in [0.1, 0.15) is 79.6 Å². The quantitative estimate of drug-likeness (QED) is 0.0443. The van der Waals surface area contributed by atoms with Crippen molar-refractivity contribution in [3.63, 3.8) is 0 Å². The molecule has 10 aromatic carbocycles. The van der Waals surface area contributed by atoms with Crippen LogP contribution in [0.15, 0.2) is 318 Å². The van der Waals surface area contributed by atoms with Crippen molar-refractivity contribution in [2.45, 2.75) is 27.7 Å². The van der Waals surface area contributed by atoms with Crippen molar-refractivity contribution < 1.29 is 28.4 Å². The number of carbonyl (C=O) groups excluding carboxylic acids is 5. The van der Waals surface area contributed by atoms with E-state index in [-0.39, 0.29) is 29.5 Å². The highest BCUT2D eigenvalue weighted by Gasteiger charge is 2.19. The first-order chi connectivity index (χ1) is 59.9. The van der Waals surface area contributed by atoms with Gasteiger partial charge >= 0.3 is 0 Å². The number of benzene rings is 10. The number of amides is 5. The molecule has 620 valence electrons. The molecule has 0 bridgehead atoms. The van der Waals surface area contributed by atoms with Crippen LogP contribution >= 0.6 is 23.2 Å². The van der Waals surface area contributed by atoms with Crippen molar-refractivity contribution in [3.05, 3.63) is 390 Å². The first-order valence-corrected chi connectivity index (χ1v) is 39.1. The molecule has 124 heavy (non-hydrogen) atoms. The van der Waals surface area contributed by atoms with Gasteiger partial charge in [0.15, 0.2) is 0 Å². The molecule has 0 unspecified atom stereocenters. The third kappa shape index (κ3) is 25.3. The average molecular weight is 1690 g/mol. The predicted molar refractivity (Wildman–Crippen MR) is 492 cm³/mol. The van der Waals surface area contributed by atoms with Gasteiger partial charge in [0.1, 0.15) is 37.5 Å². The van der Waals surface area contributed by atoms with E-state index in [9.17, 15) is 28.4 Å². The molecule has 5 aromatic heterocycles. The van der Waals surface area contributed by atoms with Crippen molar-refractivity contribution in [1.29, 1.82) is 0 Å². The minimum Gasteiger partial charge on any atom is -0.342 e. The lowest BCUT2D eigenvalue weighted by Gasteiger charge is -2.20. The highest BCUT2D eigenvalue weighted by atomic mass is 35.5. The van der Waals surface area contributed by atoms with Crippen molar-refractivity contribution in [2.75, 3.05) is 86.3 Å². The molecule has 5 N–H and O–H groups in total. The number of anilines is 15. The summed E-state index contributed by atoms with van der Waals surface area (Å²) >= 11 is 12.5. The number of terminal acetylenes is 1. The summed E-state index contributed by atoms with van der Waals surface area (Å²) in [7, 11) is 9.35. The van der Waals surface area contributed by atoms with Crippen LogP contribution in [0.25, 0.3) is 0 Å². The number of rotatable bonds is 20. The lowest BCUT2D eigenvalue weighted by atomic mass is 10.1. The van der Waals surface area contributed by atoms with Gasteiger partial charge in [-0.3, -0.25) is 24.0 Å². The molecule has 5 amide bonds. The van der Waals surface area contributed by atoms with E-state index in [2.05, 4.69) is 82.3 Å². The topological polar surface area (TPSA) is 291 Å². The van der Waals surface area contributed by atoms with Gasteiger partial charge in [-0.25, -0.2) is 54.2 Å². The Labute approximate surface area is 727 Å². The summed E-state index contributed by atoms with van der Waals surface area (Å²) in [6.07, 6.45) is 29.7. The summed E-state index contributed by atoms with van der Waals surface area (Å²) in [5, 5.41) is 15.3. The summed E-state index contributed by atoms with van der Waals surface area (Å²) in [5.74, 6) is 1.15. The molecule has 0 fully saturated rings. The van der Waals surface area contributed by atoms with Crippen LogP contribution in [-0.2, 0) is 0 Å². The summed E-state index contributed by atoms with van der Waals surface area (Å²) in [5.41, 5.74) is 18.6. The Hall–Kier alpha value is -16.0. The average Bonchev–Trinajstić information content (AvgIpc) is 0.561. The van der Waals surface area contributed by atoms with Crippen LogP contribution < -0.4 is 51.1 Å². The summed E-state index contributed by atoms with van der Waals surface area (Å²) in [6.45, 7) is 7.78. The molecule has 0 spiro atoms. The molecular formula is C96H85Cl2FN20O5. The minimum atomic E-state index is -0.403. The number of hydrogen-bond donors (Lipinski definition) is 5. The van der Waals surface area contributed by atoms with Crippen molar-refractivity contribution in [2.24, 2.45) is 0 Å². The Morgan fingerprint density at radius 3 is 0.887 bits per heavy atom. The third-order valence-electron chi connectivity index (χ3n) is 18.8. The van der Waals surface area contributed by atoms with Gasteiger partial charge in [0.2, 0.25) is 0 Å². The summed E-state index contributed by atoms with van der Waals surface area (Å²) < 4.78 is 14.2. The normalized spacial score (nSPS) is 10.2. The molecule has 0 saturated carbocycles. The van der Waals surface area contributed by atoms with Gasteiger partial charge in [0, 0.05) is 108 Å². The Bertz CT molecular complexity index is 6080. The Morgan fingerprint density at radius 2 is 0.573 bits per heavy atom. The standard InChI is InChI=1S/C20H16N4O.2C19H17ClN4O.C19H17FN4O.C19H18N4O/c1-3-15-6-4-7-16(10-15)20(25)23-17-8-5-9-18(11-17)24(2)19-12-21-14-22-13-19;2*1-13-4-3-5-14(8-13)19(25)23-18-9-15(6-7-17(18)20)24(2)16-10-21-12-22-11-16;1-13-4-3-5-14(8-13)19(25)23-15-6-7-17(20)18(9-15)24(2)16-10-21-12-22-11-16;1-14-5-3-6-15(9-14)19(24)22-16-7-4-8-17(10-16)23(2)18-11-20-13-21-12-18/h1,4-14H,2H3,(H,23,25);3*3-12H,1-2H3,(H,23,25);3-13H,1-2H3,(H,22,24). The second-order valence-corrected chi connectivity index (χ2v) is 28.7. The number of nitrogens with one attached hydrogen (secondary N) is 5. The second-order valence-electron chi connectivity index (χ2n) is 27.8. The maximum absolute atomic E-state index is 14.2. The van der Waals surface area contributed by atoms with Gasteiger partial charge in [0.25, 0.3) is 29.5 Å². The molecule has 0 saturated heterocycles. The SMILES string of the molecule is C#Cc1cccc(C(=O)Nc2cccc(N(C)c3cncnc3)c2)c1.Cc1cccc(C(=O)Nc2cc(N(C)c3cncnc3)ccc2Cl)c1.Cc1cccc(C(=O)Nc2cc(N(C)c3cncnc3)ccc2Cl)c1.Cc1cccc(C(=O)Nc2ccc(F)c(N(C)c3cncnc3)c2)c1.Cc1cccc(C(=O)Nc2cccc(N(C)c3cncnc3)c2)c1. The Balaban J connectivity index is 0.000000151. The molecule has 15 rings (SSSR count). The van der Waals surface area contributed by atoms with Crippen molar-refractivity contribution in [3.8, 4) is 12.3 Å². The molecule has 0 aliphatic heterocycles. The van der Waals surface area contributed by atoms with E-state index in [1.807, 2.05) is 215 Å². The fourth-order valence-electron chi connectivity index (χ4n) is 12.0. The van der Waals surface area contributed by atoms with E-state index < -0.39 is 5.82 Å². The van der Waals surface area contributed by atoms with E-state index in [0.717, 1.165) is 73.4 Å². The van der Waals surface area contributed by atoms with Gasteiger partial charge in [-0.15, -0.1) is 6.42 Å². The first kappa shape index (κ1) is 88.8. The third-order valence-corrected chi connectivity index (χ3v) is 19.5. The molecule has 0 radical (unpaired) electrons. The van der Waals surface area contributed by atoms with Crippen LogP contribution in [0.4, 0.5) is 89.7 Å². The first-order valence-electron chi connectivity index (χ1n) is 38.4. The predicted octanol–water partition coefficient (Wildman–Crippen LogP) is 20.1. The van der Waals surface area contributed by atoms with E-state index in [4.69, 9.17) is 29.6 Å². The Morgan fingerprint density at radius 1 is 0.298 bits per heavy atom. The maximum atomic E-state index is 14.2. The lowest BCUT2D eigenvalue weighted by molar-refractivity contribution is 0.101. The second kappa shape index (κ2) is 43.6. The van der Waals surface area contributed by atoms with E-state index in [1.54, 1.807) is 147 Å². The molecule has 28 heteroatoms. The Kier molecular flexibility index (Phi) is 31.3.